The van der Waals surface area contributed by atoms with Crippen molar-refractivity contribution in [1.29, 1.82) is 0 Å². The van der Waals surface area contributed by atoms with Gasteiger partial charge in [0.1, 0.15) is 12.1 Å². The zero-order valence-corrected chi connectivity index (χ0v) is 21.0. The average molecular weight is 493 g/mol. The van der Waals surface area contributed by atoms with Gasteiger partial charge in [0.05, 0.1) is 12.3 Å². The van der Waals surface area contributed by atoms with Crippen LogP contribution in [-0.2, 0) is 9.53 Å². The second-order valence-corrected chi connectivity index (χ2v) is 8.88. The van der Waals surface area contributed by atoms with Crippen molar-refractivity contribution in [3.8, 4) is 5.69 Å². The van der Waals surface area contributed by atoms with Gasteiger partial charge in [0.25, 0.3) is 0 Å². The molecular formula is C25H32N8O3. The number of ether oxygens (including phenoxy) is 1. The van der Waals surface area contributed by atoms with Crippen LogP contribution in [0.15, 0.2) is 48.9 Å². The lowest BCUT2D eigenvalue weighted by molar-refractivity contribution is -0.133. The van der Waals surface area contributed by atoms with E-state index in [4.69, 9.17) is 4.74 Å². The molecular weight excluding hydrogens is 460 g/mol. The highest BCUT2D eigenvalue weighted by atomic mass is 16.5. The van der Waals surface area contributed by atoms with E-state index in [1.54, 1.807) is 36.3 Å². The maximum absolute atomic E-state index is 12.0. The van der Waals surface area contributed by atoms with Crippen LogP contribution >= 0.6 is 0 Å². The normalized spacial score (nSPS) is 17.6. The van der Waals surface area contributed by atoms with Crippen molar-refractivity contribution in [2.24, 2.45) is 0 Å². The quantitative estimate of drug-likeness (QED) is 0.511. The summed E-state index contributed by atoms with van der Waals surface area (Å²) in [7, 11) is 0. The van der Waals surface area contributed by atoms with Crippen molar-refractivity contribution >= 4 is 35.1 Å². The molecule has 3 aromatic rings. The van der Waals surface area contributed by atoms with Gasteiger partial charge in [-0.3, -0.25) is 10.1 Å². The molecule has 1 fully saturated rings. The van der Waals surface area contributed by atoms with Gasteiger partial charge in [0.15, 0.2) is 0 Å². The Morgan fingerprint density at radius 1 is 1.06 bits per heavy atom. The van der Waals surface area contributed by atoms with Gasteiger partial charge in [-0.1, -0.05) is 6.92 Å². The summed E-state index contributed by atoms with van der Waals surface area (Å²) >= 11 is 0. The number of hydrogen-bond acceptors (Lipinski definition) is 8. The Morgan fingerprint density at radius 3 is 2.42 bits per heavy atom. The molecule has 0 aliphatic carbocycles. The molecule has 3 heterocycles. The van der Waals surface area contributed by atoms with Crippen LogP contribution < -0.4 is 15.5 Å². The molecule has 190 valence electrons. The molecule has 36 heavy (non-hydrogen) atoms. The topological polar surface area (TPSA) is 118 Å². The second-order valence-electron chi connectivity index (χ2n) is 8.88. The predicted octanol–water partition coefficient (Wildman–Crippen LogP) is 3.81. The van der Waals surface area contributed by atoms with E-state index in [9.17, 15) is 9.59 Å². The van der Waals surface area contributed by atoms with E-state index in [2.05, 4.69) is 44.4 Å². The van der Waals surface area contributed by atoms with Crippen molar-refractivity contribution in [2.75, 3.05) is 35.2 Å². The maximum atomic E-state index is 12.0. The fraction of sp³-hybridized carbons (Fsp3) is 0.400. The number of hydrogen-bond donors (Lipinski definition) is 2. The van der Waals surface area contributed by atoms with Crippen molar-refractivity contribution in [1.82, 2.24) is 24.6 Å². The van der Waals surface area contributed by atoms with Crippen molar-refractivity contribution in [3.63, 3.8) is 0 Å². The van der Waals surface area contributed by atoms with Crippen molar-refractivity contribution in [3.05, 3.63) is 48.9 Å². The number of piperazine rings is 1. The zero-order valence-electron chi connectivity index (χ0n) is 21.0. The molecule has 0 spiro atoms. The monoisotopic (exact) mass is 492 g/mol. The van der Waals surface area contributed by atoms with Gasteiger partial charge < -0.3 is 19.9 Å². The minimum absolute atomic E-state index is 0.0967. The number of anilines is 4. The van der Waals surface area contributed by atoms with E-state index in [0.29, 0.717) is 31.3 Å². The van der Waals surface area contributed by atoms with Crippen LogP contribution in [0.1, 0.15) is 34.1 Å². The number of amides is 2. The van der Waals surface area contributed by atoms with Crippen LogP contribution in [-0.4, -0.2) is 68.4 Å². The largest absolute Gasteiger partial charge is 0.449 e. The van der Waals surface area contributed by atoms with Crippen LogP contribution in [0.5, 0.6) is 0 Å². The zero-order chi connectivity index (χ0) is 25.7. The first-order valence-corrected chi connectivity index (χ1v) is 12.1. The number of aromatic nitrogens is 4. The van der Waals surface area contributed by atoms with Gasteiger partial charge in [-0.05, 0) is 50.6 Å². The number of carbonyl (C=O) groups is 2. The molecule has 2 N–H and O–H groups in total. The van der Waals surface area contributed by atoms with E-state index in [1.807, 2.05) is 36.1 Å². The summed E-state index contributed by atoms with van der Waals surface area (Å²) in [6.45, 7) is 9.49. The summed E-state index contributed by atoms with van der Waals surface area (Å²) in [5.74, 6) is 1.37. The molecule has 0 radical (unpaired) electrons. The van der Waals surface area contributed by atoms with Gasteiger partial charge in [0, 0.05) is 55.7 Å². The Labute approximate surface area is 210 Å². The molecule has 1 aromatic carbocycles. The Balaban J connectivity index is 1.40. The third-order valence-electron chi connectivity index (χ3n) is 5.92. The number of benzene rings is 1. The molecule has 4 rings (SSSR count). The van der Waals surface area contributed by atoms with Crippen LogP contribution in [0.2, 0.25) is 0 Å². The lowest BCUT2D eigenvalue weighted by Gasteiger charge is -2.44. The summed E-state index contributed by atoms with van der Waals surface area (Å²) in [4.78, 5) is 36.7. The van der Waals surface area contributed by atoms with Crippen LogP contribution in [0.3, 0.4) is 0 Å². The molecule has 1 saturated heterocycles. The molecule has 11 nitrogen and oxygen atoms in total. The van der Waals surface area contributed by atoms with Crippen LogP contribution in [0.4, 0.5) is 27.9 Å². The van der Waals surface area contributed by atoms with E-state index >= 15 is 0 Å². The number of nitrogens with zero attached hydrogens (tertiary/aromatic N) is 6. The van der Waals surface area contributed by atoms with E-state index in [-0.39, 0.29) is 18.0 Å². The number of rotatable bonds is 7. The van der Waals surface area contributed by atoms with Gasteiger partial charge in [-0.2, -0.15) is 4.98 Å². The minimum atomic E-state index is -0.473. The standard InChI is InChI=1S/C25H32N8O3/c1-5-12-36-25(35)29-21-8-6-20(7-9-21)28-24-27-16-32(30-24)22-10-11-26-23(13-22)31-14-17(2)33(19(4)34)18(3)15-31/h6-11,13,16-18H,5,12,14-15H2,1-4H3,(H,28,30)(H,29,35)/t17-,18+. The number of pyridine rings is 1. The molecule has 2 amide bonds. The van der Waals surface area contributed by atoms with E-state index in [0.717, 1.165) is 23.6 Å². The SMILES string of the molecule is CCCOC(=O)Nc1ccc(Nc2ncn(-c3ccnc(N4C[C@@H](C)N(C(C)=O)[C@@H](C)C4)c3)n2)cc1. The Morgan fingerprint density at radius 2 is 1.75 bits per heavy atom. The number of carbonyl (C=O) groups excluding carboxylic acids is 2. The maximum Gasteiger partial charge on any atom is 0.411 e. The van der Waals surface area contributed by atoms with Gasteiger partial charge in [-0.15, -0.1) is 5.10 Å². The Hall–Kier alpha value is -4.15. The highest BCUT2D eigenvalue weighted by Gasteiger charge is 2.31. The molecule has 2 atom stereocenters. The summed E-state index contributed by atoms with van der Waals surface area (Å²) in [5.41, 5.74) is 2.25. The highest BCUT2D eigenvalue weighted by molar-refractivity contribution is 5.84. The molecule has 11 heteroatoms. The van der Waals surface area contributed by atoms with Crippen molar-refractivity contribution in [2.45, 2.75) is 46.2 Å². The predicted molar refractivity (Wildman–Crippen MR) is 138 cm³/mol. The summed E-state index contributed by atoms with van der Waals surface area (Å²) in [5, 5.41) is 10.4. The summed E-state index contributed by atoms with van der Waals surface area (Å²) < 4.78 is 6.71. The van der Waals surface area contributed by atoms with Crippen LogP contribution in [0, 0.1) is 0 Å². The molecule has 0 unspecified atom stereocenters. The first-order chi connectivity index (χ1) is 17.3. The Kier molecular flexibility index (Phi) is 7.67. The molecule has 0 saturated carbocycles. The molecule has 2 aromatic heterocycles. The van der Waals surface area contributed by atoms with Gasteiger partial charge in [0.2, 0.25) is 11.9 Å². The average Bonchev–Trinajstić information content (AvgIpc) is 3.32. The Bertz CT molecular complexity index is 1180. The first-order valence-electron chi connectivity index (χ1n) is 12.1. The lowest BCUT2D eigenvalue weighted by Crippen LogP contribution is -2.58. The molecule has 1 aliphatic heterocycles. The third kappa shape index (κ3) is 5.91. The molecule has 1 aliphatic rings. The third-order valence-corrected chi connectivity index (χ3v) is 5.92. The van der Waals surface area contributed by atoms with Gasteiger partial charge in [-0.25, -0.2) is 14.5 Å². The summed E-state index contributed by atoms with van der Waals surface area (Å²) in [6.07, 6.45) is 3.69. The number of nitrogens with one attached hydrogen (secondary N) is 2. The first kappa shape index (κ1) is 25.0. The molecule has 0 bridgehead atoms. The fourth-order valence-corrected chi connectivity index (χ4v) is 4.41. The van der Waals surface area contributed by atoms with E-state index < -0.39 is 6.09 Å². The highest BCUT2D eigenvalue weighted by Crippen LogP contribution is 2.23. The lowest BCUT2D eigenvalue weighted by atomic mass is 10.1. The van der Waals surface area contributed by atoms with Crippen LogP contribution in [0.25, 0.3) is 5.69 Å². The van der Waals surface area contributed by atoms with Gasteiger partial charge >= 0.3 is 6.09 Å². The minimum Gasteiger partial charge on any atom is -0.449 e. The fourth-order valence-electron chi connectivity index (χ4n) is 4.41. The second kappa shape index (κ2) is 11.1. The summed E-state index contributed by atoms with van der Waals surface area (Å²) in [6, 6.07) is 11.2. The smallest absolute Gasteiger partial charge is 0.411 e. The van der Waals surface area contributed by atoms with E-state index in [1.165, 1.54) is 0 Å². The van der Waals surface area contributed by atoms with Crippen molar-refractivity contribution < 1.29 is 14.3 Å².